The number of hydrogen-bond acceptors (Lipinski definition) is 6. The van der Waals surface area contributed by atoms with Crippen LogP contribution >= 0.6 is 23.5 Å². The molecule has 2 fully saturated rings. The van der Waals surface area contributed by atoms with Gasteiger partial charge in [0.25, 0.3) is 0 Å². The topological polar surface area (TPSA) is 32.3 Å². The van der Waals surface area contributed by atoms with E-state index in [2.05, 4.69) is 66.1 Å². The third-order valence-corrected chi connectivity index (χ3v) is 12.0. The van der Waals surface area contributed by atoms with Crippen LogP contribution in [0.5, 0.6) is 0 Å². The summed E-state index contributed by atoms with van der Waals surface area (Å²) in [6, 6.07) is 15.6. The fourth-order valence-electron chi connectivity index (χ4n) is 8.28. The Hall–Kier alpha value is -2.18. The Kier molecular flexibility index (Phi) is 2.21. The highest BCUT2D eigenvalue weighted by molar-refractivity contribution is 8.00. The lowest BCUT2D eigenvalue weighted by Crippen LogP contribution is -2.55. The number of pyridine rings is 2. The van der Waals surface area contributed by atoms with Crippen LogP contribution in [0.2, 0.25) is 0 Å². The largest absolute Gasteiger partial charge is 0.325 e. The van der Waals surface area contributed by atoms with Crippen molar-refractivity contribution < 1.29 is 0 Å². The summed E-state index contributed by atoms with van der Waals surface area (Å²) in [4.78, 5) is 14.7. The van der Waals surface area contributed by atoms with Crippen LogP contribution in [0.25, 0.3) is 0 Å². The number of fused-ring (bicyclic) bond motifs is 12. The molecule has 4 atom stereocenters. The van der Waals surface area contributed by atoms with Gasteiger partial charge in [-0.1, -0.05) is 43.4 Å². The highest BCUT2D eigenvalue weighted by Crippen LogP contribution is 3.04. The Balaban J connectivity index is 1.38. The quantitative estimate of drug-likeness (QED) is 0.469. The zero-order chi connectivity index (χ0) is 19.6. The summed E-state index contributed by atoms with van der Waals surface area (Å²) in [6.45, 7) is 5.10. The van der Waals surface area contributed by atoms with Gasteiger partial charge in [-0.15, -0.1) is 0 Å². The SMILES string of the molecule is CC12C3Sc4ncccc4N3c3cccc4c3C13C2C3(C)C1Sc2ncccc2N41. The molecule has 2 aromatic heterocycles. The number of hydrogen-bond donors (Lipinski definition) is 0. The second kappa shape index (κ2) is 4.26. The van der Waals surface area contributed by atoms with Gasteiger partial charge in [0.05, 0.1) is 22.1 Å². The molecule has 4 unspecified atom stereocenters. The van der Waals surface area contributed by atoms with Gasteiger partial charge in [-0.2, -0.15) is 0 Å². The van der Waals surface area contributed by atoms with Crippen molar-refractivity contribution in [3.8, 4) is 0 Å². The Bertz CT molecular complexity index is 1260. The van der Waals surface area contributed by atoms with Crippen LogP contribution in [0.15, 0.2) is 64.9 Å². The van der Waals surface area contributed by atoms with E-state index in [4.69, 9.17) is 9.97 Å². The number of aromatic nitrogens is 2. The first-order valence-electron chi connectivity index (χ1n) is 10.6. The van der Waals surface area contributed by atoms with E-state index in [-0.39, 0.29) is 0 Å². The van der Waals surface area contributed by atoms with Crippen LogP contribution in [0.3, 0.4) is 0 Å². The number of thioether (sulfide) groups is 2. The van der Waals surface area contributed by atoms with E-state index in [1.54, 1.807) is 5.56 Å². The van der Waals surface area contributed by atoms with Crippen molar-refractivity contribution in [3.05, 3.63) is 60.4 Å². The maximum absolute atomic E-state index is 4.74. The summed E-state index contributed by atoms with van der Waals surface area (Å²) in [5.41, 5.74) is 7.84. The summed E-state index contributed by atoms with van der Waals surface area (Å²) in [7, 11) is 0. The molecule has 6 heterocycles. The van der Waals surface area contributed by atoms with Gasteiger partial charge in [-0.25, -0.2) is 9.97 Å². The molecule has 0 bridgehead atoms. The number of rotatable bonds is 0. The van der Waals surface area contributed by atoms with Gasteiger partial charge in [0.1, 0.15) is 10.1 Å². The Morgan fingerprint density at radius 3 is 1.77 bits per heavy atom. The molecule has 0 radical (unpaired) electrons. The van der Waals surface area contributed by atoms with Crippen molar-refractivity contribution in [1.82, 2.24) is 9.97 Å². The lowest BCUT2D eigenvalue weighted by molar-refractivity contribution is 0.184. The average Bonchev–Trinajstić information content (AvgIpc) is 3.37. The third kappa shape index (κ3) is 1.19. The third-order valence-electron chi connectivity index (χ3n) is 9.06. The van der Waals surface area contributed by atoms with Gasteiger partial charge in [-0.05, 0) is 42.3 Å². The molecule has 3 aromatic rings. The molecule has 4 aliphatic heterocycles. The molecule has 1 spiro atoms. The molecule has 6 heteroatoms. The summed E-state index contributed by atoms with van der Waals surface area (Å²) in [5, 5.41) is 3.27. The smallest absolute Gasteiger partial charge is 0.122 e. The molecule has 0 N–H and O–H groups in total. The van der Waals surface area contributed by atoms with Gasteiger partial charge < -0.3 is 9.80 Å². The van der Waals surface area contributed by atoms with Crippen LogP contribution in [-0.4, -0.2) is 20.7 Å². The fraction of sp³-hybridized carbons (Fsp3) is 0.333. The zero-order valence-corrected chi connectivity index (χ0v) is 18.2. The lowest BCUT2D eigenvalue weighted by Gasteiger charge is -2.54. The standard InChI is InChI=1S/C24H18N4S2/c1-22-19-23(2)21-28(15-9-5-11-26-18(15)30-21)13-7-3-6-12(16(13)24(19,22)23)27-14-8-4-10-25-17(14)29-20(22)27/h3-11,19-21H,1-2H3. The van der Waals surface area contributed by atoms with Crippen LogP contribution in [0.1, 0.15) is 19.4 Å². The number of nitrogens with zero attached hydrogens (tertiary/aromatic N) is 4. The highest BCUT2D eigenvalue weighted by Gasteiger charge is 3.05. The molecule has 1 aromatic carbocycles. The minimum absolute atomic E-state index is 0.290. The molecule has 30 heavy (non-hydrogen) atoms. The number of benzene rings is 1. The van der Waals surface area contributed by atoms with Crippen LogP contribution < -0.4 is 9.80 Å². The molecular formula is C24H18N4S2. The van der Waals surface area contributed by atoms with E-state index >= 15 is 0 Å². The van der Waals surface area contributed by atoms with Gasteiger partial charge in [0.15, 0.2) is 0 Å². The molecular weight excluding hydrogens is 408 g/mol. The summed E-state index contributed by atoms with van der Waals surface area (Å²) >= 11 is 3.97. The molecule has 9 rings (SSSR count). The minimum Gasteiger partial charge on any atom is -0.325 e. The first-order chi connectivity index (χ1) is 14.6. The van der Waals surface area contributed by atoms with Crippen molar-refractivity contribution in [2.45, 2.75) is 40.1 Å². The summed E-state index contributed by atoms with van der Waals surface area (Å²) in [6.07, 6.45) is 3.87. The second-order valence-electron chi connectivity index (χ2n) is 9.81. The van der Waals surface area contributed by atoms with Crippen molar-refractivity contribution in [3.63, 3.8) is 0 Å². The Labute approximate surface area is 183 Å². The monoisotopic (exact) mass is 426 g/mol. The van der Waals surface area contributed by atoms with Crippen molar-refractivity contribution >= 4 is 46.3 Å². The van der Waals surface area contributed by atoms with Crippen LogP contribution in [-0.2, 0) is 5.41 Å². The van der Waals surface area contributed by atoms with Gasteiger partial charge in [0, 0.05) is 45.6 Å². The van der Waals surface area contributed by atoms with Crippen molar-refractivity contribution in [2.24, 2.45) is 16.7 Å². The van der Waals surface area contributed by atoms with E-state index in [0.717, 1.165) is 0 Å². The Morgan fingerprint density at radius 1 is 0.733 bits per heavy atom. The molecule has 2 saturated carbocycles. The maximum Gasteiger partial charge on any atom is 0.122 e. The van der Waals surface area contributed by atoms with Gasteiger partial charge >= 0.3 is 0 Å². The normalized spacial score (nSPS) is 41.3. The first kappa shape index (κ1) is 15.6. The predicted molar refractivity (Wildman–Crippen MR) is 120 cm³/mol. The fourth-order valence-corrected chi connectivity index (χ4v) is 11.3. The Morgan fingerprint density at radius 2 is 1.23 bits per heavy atom. The van der Waals surface area contributed by atoms with Crippen LogP contribution in [0, 0.1) is 16.7 Å². The second-order valence-corrected chi connectivity index (χ2v) is 12.0. The average molecular weight is 427 g/mol. The maximum atomic E-state index is 4.74. The molecule has 4 nitrogen and oxygen atoms in total. The molecule has 0 amide bonds. The van der Waals surface area contributed by atoms with Crippen LogP contribution in [0.4, 0.5) is 22.7 Å². The van der Waals surface area contributed by atoms with E-state index < -0.39 is 0 Å². The highest BCUT2D eigenvalue weighted by atomic mass is 32.2. The van der Waals surface area contributed by atoms with E-state index in [0.29, 0.717) is 32.9 Å². The van der Waals surface area contributed by atoms with E-state index in [1.165, 1.54) is 32.8 Å². The number of anilines is 4. The summed E-state index contributed by atoms with van der Waals surface area (Å²) < 4.78 is 0. The summed E-state index contributed by atoms with van der Waals surface area (Å²) in [5.74, 6) is 0.714. The minimum atomic E-state index is 0.290. The molecule has 2 aliphatic carbocycles. The molecule has 6 aliphatic rings. The predicted octanol–water partition coefficient (Wildman–Crippen LogP) is 5.54. The van der Waals surface area contributed by atoms with E-state index in [1.807, 2.05) is 35.9 Å². The molecule has 0 saturated heterocycles. The first-order valence-corrected chi connectivity index (χ1v) is 12.4. The lowest BCUT2D eigenvalue weighted by atomic mass is 9.65. The zero-order valence-electron chi connectivity index (χ0n) is 16.5. The van der Waals surface area contributed by atoms with Crippen molar-refractivity contribution in [1.29, 1.82) is 0 Å². The molecule has 146 valence electrons. The van der Waals surface area contributed by atoms with Gasteiger partial charge in [-0.3, -0.25) is 0 Å². The van der Waals surface area contributed by atoms with Crippen molar-refractivity contribution in [2.75, 3.05) is 9.80 Å². The van der Waals surface area contributed by atoms with E-state index in [9.17, 15) is 0 Å². The van der Waals surface area contributed by atoms with Gasteiger partial charge in [0.2, 0.25) is 0 Å².